The molecule has 0 atom stereocenters. The zero-order chi connectivity index (χ0) is 13.5. The van der Waals surface area contributed by atoms with E-state index in [9.17, 15) is 4.79 Å². The van der Waals surface area contributed by atoms with Gasteiger partial charge in [-0.3, -0.25) is 4.79 Å². The number of anilines is 1. The average molecular weight is 264 g/mol. The minimum Gasteiger partial charge on any atom is -0.381 e. The van der Waals surface area contributed by atoms with Crippen LogP contribution in [0.2, 0.25) is 0 Å². The van der Waals surface area contributed by atoms with E-state index in [0.29, 0.717) is 24.0 Å². The molecule has 2 rings (SSSR count). The molecule has 1 aliphatic rings. The summed E-state index contributed by atoms with van der Waals surface area (Å²) in [6.45, 7) is 5.02. The molecule has 0 bridgehead atoms. The molecule has 1 fully saturated rings. The Bertz CT molecular complexity index is 402. The second-order valence-electron chi connectivity index (χ2n) is 4.60. The summed E-state index contributed by atoms with van der Waals surface area (Å²) in [7, 11) is 0. The molecule has 0 spiro atoms. The standard InChI is InChI=1S/C13H20N4O2/c1-2-14-12-4-3-11(16-17-12)13(18)15-9-10-5-7-19-8-6-10/h3-4,10H,2,5-9H2,1H3,(H,14,17)(H,15,18). The molecule has 0 unspecified atom stereocenters. The minimum absolute atomic E-state index is 0.165. The number of carbonyl (C=O) groups is 1. The van der Waals surface area contributed by atoms with Crippen molar-refractivity contribution in [2.45, 2.75) is 19.8 Å². The summed E-state index contributed by atoms with van der Waals surface area (Å²) in [6, 6.07) is 3.45. The number of hydrogen-bond donors (Lipinski definition) is 2. The fourth-order valence-electron chi connectivity index (χ4n) is 2.01. The second kappa shape index (κ2) is 7.04. The van der Waals surface area contributed by atoms with Gasteiger partial charge in [-0.25, -0.2) is 0 Å². The summed E-state index contributed by atoms with van der Waals surface area (Å²) in [4.78, 5) is 11.9. The summed E-state index contributed by atoms with van der Waals surface area (Å²) in [6.07, 6.45) is 2.01. The van der Waals surface area contributed by atoms with Gasteiger partial charge in [-0.1, -0.05) is 0 Å². The van der Waals surface area contributed by atoms with Crippen LogP contribution < -0.4 is 10.6 Å². The molecule has 1 saturated heterocycles. The highest BCUT2D eigenvalue weighted by molar-refractivity contribution is 5.92. The molecule has 1 amide bonds. The van der Waals surface area contributed by atoms with Gasteiger partial charge in [0.05, 0.1) is 0 Å². The van der Waals surface area contributed by atoms with Crippen LogP contribution >= 0.6 is 0 Å². The first kappa shape index (κ1) is 13.7. The van der Waals surface area contributed by atoms with Gasteiger partial charge in [-0.05, 0) is 37.8 Å². The molecule has 1 aliphatic heterocycles. The predicted octanol–water partition coefficient (Wildman–Crippen LogP) is 1.06. The predicted molar refractivity (Wildman–Crippen MR) is 72.1 cm³/mol. The van der Waals surface area contributed by atoms with Gasteiger partial charge in [-0.15, -0.1) is 10.2 Å². The third-order valence-corrected chi connectivity index (χ3v) is 3.15. The summed E-state index contributed by atoms with van der Waals surface area (Å²) in [5, 5.41) is 13.8. The molecule has 2 N–H and O–H groups in total. The molecule has 0 radical (unpaired) electrons. The van der Waals surface area contributed by atoms with Gasteiger partial charge in [0, 0.05) is 26.3 Å². The first-order valence-corrected chi connectivity index (χ1v) is 6.73. The van der Waals surface area contributed by atoms with E-state index >= 15 is 0 Å². The fourth-order valence-corrected chi connectivity index (χ4v) is 2.01. The molecule has 1 aromatic rings. The van der Waals surface area contributed by atoms with Crippen molar-refractivity contribution < 1.29 is 9.53 Å². The highest BCUT2D eigenvalue weighted by atomic mass is 16.5. The largest absolute Gasteiger partial charge is 0.381 e. The summed E-state index contributed by atoms with van der Waals surface area (Å²) in [5.41, 5.74) is 0.355. The smallest absolute Gasteiger partial charge is 0.271 e. The molecule has 2 heterocycles. The van der Waals surface area contributed by atoms with Gasteiger partial charge in [0.2, 0.25) is 0 Å². The molecule has 1 aromatic heterocycles. The molecule has 0 aromatic carbocycles. The lowest BCUT2D eigenvalue weighted by molar-refractivity contribution is 0.0642. The number of nitrogens with one attached hydrogen (secondary N) is 2. The topological polar surface area (TPSA) is 76.1 Å². The Kier molecular flexibility index (Phi) is 5.09. The number of amides is 1. The van der Waals surface area contributed by atoms with Crippen molar-refractivity contribution in [3.8, 4) is 0 Å². The number of hydrogen-bond acceptors (Lipinski definition) is 5. The maximum atomic E-state index is 11.9. The summed E-state index contributed by atoms with van der Waals surface area (Å²) >= 11 is 0. The third kappa shape index (κ3) is 4.17. The first-order chi connectivity index (χ1) is 9.29. The van der Waals surface area contributed by atoms with Crippen LogP contribution in [0.3, 0.4) is 0 Å². The van der Waals surface area contributed by atoms with Crippen LogP contribution in [-0.2, 0) is 4.74 Å². The molecule has 104 valence electrons. The molecule has 6 nitrogen and oxygen atoms in total. The molecule has 0 saturated carbocycles. The summed E-state index contributed by atoms with van der Waals surface area (Å²) < 4.78 is 5.29. The van der Waals surface area contributed by atoms with E-state index in [1.165, 1.54) is 0 Å². The van der Waals surface area contributed by atoms with Crippen LogP contribution in [-0.4, -0.2) is 42.4 Å². The number of rotatable bonds is 5. The van der Waals surface area contributed by atoms with Gasteiger partial charge < -0.3 is 15.4 Å². The Hall–Kier alpha value is -1.69. The van der Waals surface area contributed by atoms with E-state index in [1.807, 2.05) is 6.92 Å². The van der Waals surface area contributed by atoms with Crippen molar-refractivity contribution in [1.29, 1.82) is 0 Å². The van der Waals surface area contributed by atoms with Crippen LogP contribution in [0, 0.1) is 5.92 Å². The van der Waals surface area contributed by atoms with Gasteiger partial charge in [-0.2, -0.15) is 0 Å². The van der Waals surface area contributed by atoms with E-state index in [2.05, 4.69) is 20.8 Å². The Morgan fingerprint density at radius 3 is 2.79 bits per heavy atom. The lowest BCUT2D eigenvalue weighted by Gasteiger charge is -2.21. The lowest BCUT2D eigenvalue weighted by atomic mass is 10.0. The Morgan fingerprint density at radius 2 is 2.16 bits per heavy atom. The Labute approximate surface area is 112 Å². The number of carbonyl (C=O) groups excluding carboxylic acids is 1. The fraction of sp³-hybridized carbons (Fsp3) is 0.615. The number of ether oxygens (including phenoxy) is 1. The zero-order valence-electron chi connectivity index (χ0n) is 11.2. The van der Waals surface area contributed by atoms with Crippen LogP contribution in [0.1, 0.15) is 30.3 Å². The van der Waals surface area contributed by atoms with Crippen LogP contribution in [0.5, 0.6) is 0 Å². The van der Waals surface area contributed by atoms with E-state index in [-0.39, 0.29) is 5.91 Å². The van der Waals surface area contributed by atoms with E-state index < -0.39 is 0 Å². The van der Waals surface area contributed by atoms with Crippen molar-refractivity contribution in [2.24, 2.45) is 5.92 Å². The molecular formula is C13H20N4O2. The summed E-state index contributed by atoms with van der Waals surface area (Å²) in [5.74, 6) is 1.03. The monoisotopic (exact) mass is 264 g/mol. The van der Waals surface area contributed by atoms with Gasteiger partial charge >= 0.3 is 0 Å². The Balaban J connectivity index is 1.81. The van der Waals surface area contributed by atoms with Crippen LogP contribution in [0.15, 0.2) is 12.1 Å². The Morgan fingerprint density at radius 1 is 1.37 bits per heavy atom. The second-order valence-corrected chi connectivity index (χ2v) is 4.60. The maximum absolute atomic E-state index is 11.9. The normalized spacial score (nSPS) is 16.1. The van der Waals surface area contributed by atoms with Crippen molar-refractivity contribution in [1.82, 2.24) is 15.5 Å². The highest BCUT2D eigenvalue weighted by Crippen LogP contribution is 2.13. The number of aromatic nitrogens is 2. The van der Waals surface area contributed by atoms with E-state index in [4.69, 9.17) is 4.74 Å². The molecular weight excluding hydrogens is 244 g/mol. The van der Waals surface area contributed by atoms with Crippen molar-refractivity contribution in [3.63, 3.8) is 0 Å². The third-order valence-electron chi connectivity index (χ3n) is 3.15. The highest BCUT2D eigenvalue weighted by Gasteiger charge is 2.15. The van der Waals surface area contributed by atoms with Gasteiger partial charge in [0.25, 0.3) is 5.91 Å². The van der Waals surface area contributed by atoms with Crippen molar-refractivity contribution >= 4 is 11.7 Å². The van der Waals surface area contributed by atoms with Crippen LogP contribution in [0.25, 0.3) is 0 Å². The van der Waals surface area contributed by atoms with Crippen molar-refractivity contribution in [3.05, 3.63) is 17.8 Å². The SMILES string of the molecule is CCNc1ccc(C(=O)NCC2CCOCC2)nn1. The maximum Gasteiger partial charge on any atom is 0.271 e. The van der Waals surface area contributed by atoms with Gasteiger partial charge in [0.15, 0.2) is 5.69 Å². The first-order valence-electron chi connectivity index (χ1n) is 6.73. The van der Waals surface area contributed by atoms with Crippen molar-refractivity contribution in [2.75, 3.05) is 31.6 Å². The number of nitrogens with zero attached hydrogens (tertiary/aromatic N) is 2. The molecule has 6 heteroatoms. The van der Waals surface area contributed by atoms with Gasteiger partial charge in [0.1, 0.15) is 5.82 Å². The zero-order valence-corrected chi connectivity index (χ0v) is 11.2. The quantitative estimate of drug-likeness (QED) is 0.831. The minimum atomic E-state index is -0.165. The van der Waals surface area contributed by atoms with E-state index in [1.54, 1.807) is 12.1 Å². The lowest BCUT2D eigenvalue weighted by Crippen LogP contribution is -2.32. The molecule has 19 heavy (non-hydrogen) atoms. The van der Waals surface area contributed by atoms with E-state index in [0.717, 1.165) is 32.6 Å². The van der Waals surface area contributed by atoms with Crippen LogP contribution in [0.4, 0.5) is 5.82 Å². The molecule has 0 aliphatic carbocycles. The average Bonchev–Trinajstić information content (AvgIpc) is 2.47.